The number of fused-ring (bicyclic) bond motifs is 3. The first-order valence-electron chi connectivity index (χ1n) is 6.29. The normalized spacial score (nSPS) is 29.0. The second kappa shape index (κ2) is 2.82. The number of benzene rings is 1. The van der Waals surface area contributed by atoms with E-state index in [9.17, 15) is 0 Å². The smallest absolute Gasteiger partial charge is 0.0406 e. The first-order chi connectivity index (χ1) is 7.42. The predicted molar refractivity (Wildman–Crippen MR) is 68.9 cm³/mol. The molecule has 1 aromatic rings. The lowest BCUT2D eigenvalue weighted by Crippen LogP contribution is -2.41. The summed E-state index contributed by atoms with van der Waals surface area (Å²) in [5, 5.41) is 0. The Labute approximate surface area is 98.5 Å². The summed E-state index contributed by atoms with van der Waals surface area (Å²) in [6.07, 6.45) is 2.52. The highest BCUT2D eigenvalue weighted by Crippen LogP contribution is 2.53. The van der Waals surface area contributed by atoms with Crippen LogP contribution in [0.1, 0.15) is 39.7 Å². The van der Waals surface area contributed by atoms with Crippen molar-refractivity contribution >= 4 is 5.69 Å². The Balaban J connectivity index is 2.13. The summed E-state index contributed by atoms with van der Waals surface area (Å²) in [5.74, 6) is 0. The number of rotatable bonds is 0. The second-order valence-corrected chi connectivity index (χ2v) is 6.70. The van der Waals surface area contributed by atoms with Crippen LogP contribution < -0.4 is 4.90 Å². The second-order valence-electron chi connectivity index (χ2n) is 6.70. The Morgan fingerprint density at radius 3 is 2.56 bits per heavy atom. The van der Waals surface area contributed by atoms with E-state index >= 15 is 0 Å². The number of hydrogen-bond donors (Lipinski definition) is 0. The molecule has 0 saturated carbocycles. The van der Waals surface area contributed by atoms with Crippen molar-refractivity contribution in [1.82, 2.24) is 0 Å². The van der Waals surface area contributed by atoms with E-state index in [1.165, 1.54) is 24.1 Å². The van der Waals surface area contributed by atoms with Gasteiger partial charge in [-0.05, 0) is 43.7 Å². The fourth-order valence-corrected chi connectivity index (χ4v) is 4.08. The molecule has 16 heavy (non-hydrogen) atoms. The van der Waals surface area contributed by atoms with Crippen molar-refractivity contribution in [1.29, 1.82) is 0 Å². The summed E-state index contributed by atoms with van der Waals surface area (Å²) < 4.78 is 0. The third-order valence-electron chi connectivity index (χ3n) is 4.42. The first-order valence-corrected chi connectivity index (χ1v) is 6.29. The molecule has 1 unspecified atom stereocenters. The van der Waals surface area contributed by atoms with Crippen LogP contribution in [-0.4, -0.2) is 11.6 Å². The topological polar surface area (TPSA) is 3.24 Å². The van der Waals surface area contributed by atoms with Crippen molar-refractivity contribution in [2.45, 2.75) is 52.1 Å². The van der Waals surface area contributed by atoms with Crippen LogP contribution in [0.2, 0.25) is 0 Å². The van der Waals surface area contributed by atoms with Crippen molar-refractivity contribution in [2.24, 2.45) is 5.41 Å². The average molecular weight is 215 g/mol. The van der Waals surface area contributed by atoms with Crippen LogP contribution in [0.5, 0.6) is 0 Å². The van der Waals surface area contributed by atoms with Gasteiger partial charge in [0.15, 0.2) is 0 Å². The lowest BCUT2D eigenvalue weighted by molar-refractivity contribution is 0.318. The standard InChI is InChI=1S/C15H21N/c1-14(2)10-15(3,4)16-12-8-6-5-7-11(12)9-13(14)16/h5-8,13H,9-10H2,1-4H3. The lowest BCUT2D eigenvalue weighted by Gasteiger charge is -2.34. The molecule has 1 fully saturated rings. The van der Waals surface area contributed by atoms with E-state index in [0.717, 1.165) is 0 Å². The van der Waals surface area contributed by atoms with Crippen LogP contribution in [0.15, 0.2) is 24.3 Å². The highest BCUT2D eigenvalue weighted by atomic mass is 15.3. The summed E-state index contributed by atoms with van der Waals surface area (Å²) in [6, 6.07) is 9.61. The van der Waals surface area contributed by atoms with Gasteiger partial charge in [-0.3, -0.25) is 0 Å². The molecule has 0 amide bonds. The number of hydrogen-bond acceptors (Lipinski definition) is 1. The molecule has 2 aliphatic rings. The molecule has 1 aromatic carbocycles. The van der Waals surface area contributed by atoms with Gasteiger partial charge in [0.1, 0.15) is 0 Å². The first kappa shape index (κ1) is 10.2. The van der Waals surface area contributed by atoms with E-state index in [-0.39, 0.29) is 0 Å². The zero-order valence-electron chi connectivity index (χ0n) is 10.7. The quantitative estimate of drug-likeness (QED) is 0.639. The van der Waals surface area contributed by atoms with E-state index in [0.29, 0.717) is 17.0 Å². The van der Waals surface area contributed by atoms with E-state index in [2.05, 4.69) is 56.9 Å². The van der Waals surface area contributed by atoms with Gasteiger partial charge in [0.25, 0.3) is 0 Å². The third-order valence-corrected chi connectivity index (χ3v) is 4.42. The Kier molecular flexibility index (Phi) is 1.80. The molecule has 86 valence electrons. The van der Waals surface area contributed by atoms with Gasteiger partial charge in [-0.15, -0.1) is 0 Å². The predicted octanol–water partition coefficient (Wildman–Crippen LogP) is 3.63. The van der Waals surface area contributed by atoms with Crippen molar-refractivity contribution < 1.29 is 0 Å². The van der Waals surface area contributed by atoms with Gasteiger partial charge < -0.3 is 4.90 Å². The number of para-hydroxylation sites is 1. The summed E-state index contributed by atoms with van der Waals surface area (Å²) in [6.45, 7) is 9.62. The molecule has 0 aromatic heterocycles. The van der Waals surface area contributed by atoms with Crippen LogP contribution in [0, 0.1) is 5.41 Å². The van der Waals surface area contributed by atoms with Crippen LogP contribution in [0.3, 0.4) is 0 Å². The minimum absolute atomic E-state index is 0.306. The molecule has 0 N–H and O–H groups in total. The van der Waals surface area contributed by atoms with Crippen LogP contribution in [0.25, 0.3) is 0 Å². The molecule has 2 heterocycles. The molecule has 3 rings (SSSR count). The molecule has 1 heteroatoms. The van der Waals surface area contributed by atoms with Gasteiger partial charge in [0.05, 0.1) is 0 Å². The van der Waals surface area contributed by atoms with Gasteiger partial charge in [-0.25, -0.2) is 0 Å². The Morgan fingerprint density at radius 2 is 1.81 bits per heavy atom. The Morgan fingerprint density at radius 1 is 1.12 bits per heavy atom. The molecular formula is C15H21N. The summed E-state index contributed by atoms with van der Waals surface area (Å²) in [5.41, 5.74) is 3.75. The van der Waals surface area contributed by atoms with Crippen molar-refractivity contribution in [3.8, 4) is 0 Å². The SMILES string of the molecule is CC1(C)CC(C)(C)N2c3ccccc3CC21. The molecule has 0 spiro atoms. The van der Waals surface area contributed by atoms with Gasteiger partial charge in [0, 0.05) is 17.3 Å². The van der Waals surface area contributed by atoms with Gasteiger partial charge >= 0.3 is 0 Å². The maximum absolute atomic E-state index is 2.67. The largest absolute Gasteiger partial charge is 0.362 e. The molecule has 1 saturated heterocycles. The van der Waals surface area contributed by atoms with Crippen LogP contribution in [-0.2, 0) is 6.42 Å². The number of nitrogens with zero attached hydrogens (tertiary/aromatic N) is 1. The molecule has 1 nitrogen and oxygen atoms in total. The maximum atomic E-state index is 2.67. The van der Waals surface area contributed by atoms with Gasteiger partial charge in [-0.2, -0.15) is 0 Å². The fraction of sp³-hybridized carbons (Fsp3) is 0.600. The van der Waals surface area contributed by atoms with Crippen molar-refractivity contribution in [3.05, 3.63) is 29.8 Å². The zero-order valence-corrected chi connectivity index (χ0v) is 10.7. The molecule has 0 aliphatic carbocycles. The number of anilines is 1. The maximum Gasteiger partial charge on any atom is 0.0406 e. The highest BCUT2D eigenvalue weighted by Gasteiger charge is 2.53. The summed E-state index contributed by atoms with van der Waals surface area (Å²) in [4.78, 5) is 2.67. The van der Waals surface area contributed by atoms with Crippen LogP contribution in [0.4, 0.5) is 5.69 Å². The van der Waals surface area contributed by atoms with E-state index < -0.39 is 0 Å². The van der Waals surface area contributed by atoms with Gasteiger partial charge in [-0.1, -0.05) is 32.0 Å². The van der Waals surface area contributed by atoms with E-state index in [1.54, 1.807) is 0 Å². The fourth-order valence-electron chi connectivity index (χ4n) is 4.08. The summed E-state index contributed by atoms with van der Waals surface area (Å²) in [7, 11) is 0. The van der Waals surface area contributed by atoms with Gasteiger partial charge in [0.2, 0.25) is 0 Å². The summed E-state index contributed by atoms with van der Waals surface area (Å²) >= 11 is 0. The van der Waals surface area contributed by atoms with Crippen molar-refractivity contribution in [2.75, 3.05) is 4.90 Å². The Hall–Kier alpha value is -0.980. The average Bonchev–Trinajstić information content (AvgIpc) is 2.62. The minimum Gasteiger partial charge on any atom is -0.362 e. The molecule has 1 atom stereocenters. The molecule has 0 radical (unpaired) electrons. The van der Waals surface area contributed by atoms with Crippen LogP contribution >= 0.6 is 0 Å². The minimum atomic E-state index is 0.306. The highest BCUT2D eigenvalue weighted by molar-refractivity contribution is 5.63. The van der Waals surface area contributed by atoms with Crippen molar-refractivity contribution in [3.63, 3.8) is 0 Å². The monoisotopic (exact) mass is 215 g/mol. The zero-order chi connectivity index (χ0) is 11.6. The third kappa shape index (κ3) is 1.17. The Bertz CT molecular complexity index is 431. The molecule has 0 bridgehead atoms. The molecule has 2 aliphatic heterocycles. The lowest BCUT2D eigenvalue weighted by atomic mass is 9.79. The van der Waals surface area contributed by atoms with E-state index in [4.69, 9.17) is 0 Å². The van der Waals surface area contributed by atoms with E-state index in [1.807, 2.05) is 0 Å². The molecular weight excluding hydrogens is 194 g/mol.